The van der Waals surface area contributed by atoms with Crippen molar-refractivity contribution in [3.8, 4) is 0 Å². The number of rotatable bonds is 4. The minimum Gasteiger partial charge on any atom is -0.384 e. The van der Waals surface area contributed by atoms with Gasteiger partial charge in [0, 0.05) is 30.7 Å². The van der Waals surface area contributed by atoms with Crippen LogP contribution in [0.4, 0.5) is 0 Å². The second-order valence-electron chi connectivity index (χ2n) is 6.50. The molecule has 3 heterocycles. The summed E-state index contributed by atoms with van der Waals surface area (Å²) in [6.07, 6.45) is 3.74. The molecule has 0 N–H and O–H groups in total. The molecule has 2 fully saturated rings. The summed E-state index contributed by atoms with van der Waals surface area (Å²) >= 11 is 1.79. The van der Waals surface area contributed by atoms with Crippen molar-refractivity contribution >= 4 is 11.3 Å². The molecule has 0 amide bonds. The molecule has 5 heteroatoms. The molecule has 2 saturated heterocycles. The Balaban J connectivity index is 1.58. The first-order valence-corrected chi connectivity index (χ1v) is 8.80. The molecule has 3 rings (SSSR count). The van der Waals surface area contributed by atoms with Crippen LogP contribution < -0.4 is 0 Å². The maximum absolute atomic E-state index is 5.69. The number of hydrogen-bond acceptors (Lipinski definition) is 5. The molecule has 118 valence electrons. The van der Waals surface area contributed by atoms with Crippen LogP contribution in [0.3, 0.4) is 0 Å². The molecule has 1 aromatic heterocycles. The summed E-state index contributed by atoms with van der Waals surface area (Å²) in [6.45, 7) is 8.08. The molecular weight excluding hydrogens is 284 g/mol. The summed E-state index contributed by atoms with van der Waals surface area (Å²) in [4.78, 5) is 7.15. The molecule has 0 saturated carbocycles. The molecule has 0 radical (unpaired) electrons. The largest absolute Gasteiger partial charge is 0.384 e. The molecule has 1 spiro atoms. The number of thiazole rings is 1. The van der Waals surface area contributed by atoms with E-state index in [9.17, 15) is 0 Å². The first-order valence-electron chi connectivity index (χ1n) is 7.92. The molecule has 2 aliphatic heterocycles. The van der Waals surface area contributed by atoms with Crippen LogP contribution >= 0.6 is 11.3 Å². The standard InChI is InChI=1S/C16H26N2O2S/c1-13-12-21-15(17-13)9-18-6-3-16(4-7-18)5-8-20-11-14(16)10-19-2/h12,14H,3-11H2,1-2H3. The Morgan fingerprint density at radius 1 is 1.43 bits per heavy atom. The van der Waals surface area contributed by atoms with Crippen LogP contribution in [-0.2, 0) is 16.0 Å². The van der Waals surface area contributed by atoms with Crippen molar-refractivity contribution in [3.63, 3.8) is 0 Å². The summed E-state index contributed by atoms with van der Waals surface area (Å²) < 4.78 is 11.1. The maximum Gasteiger partial charge on any atom is 0.107 e. The number of nitrogens with zero attached hydrogens (tertiary/aromatic N) is 2. The number of hydrogen-bond donors (Lipinski definition) is 0. The van der Waals surface area contributed by atoms with Gasteiger partial charge >= 0.3 is 0 Å². The van der Waals surface area contributed by atoms with Gasteiger partial charge in [0.1, 0.15) is 5.01 Å². The fourth-order valence-electron chi connectivity index (χ4n) is 3.79. The van der Waals surface area contributed by atoms with Gasteiger partial charge < -0.3 is 9.47 Å². The van der Waals surface area contributed by atoms with Gasteiger partial charge in [-0.3, -0.25) is 4.90 Å². The van der Waals surface area contributed by atoms with Gasteiger partial charge in [-0.25, -0.2) is 4.98 Å². The van der Waals surface area contributed by atoms with Crippen LogP contribution in [0.2, 0.25) is 0 Å². The third-order valence-electron chi connectivity index (χ3n) is 5.17. The van der Waals surface area contributed by atoms with Gasteiger partial charge in [-0.15, -0.1) is 11.3 Å². The molecular formula is C16H26N2O2S. The van der Waals surface area contributed by atoms with Gasteiger partial charge in [-0.2, -0.15) is 0 Å². The first kappa shape index (κ1) is 15.4. The Hall–Kier alpha value is -0.490. The van der Waals surface area contributed by atoms with Gasteiger partial charge in [0.15, 0.2) is 0 Å². The van der Waals surface area contributed by atoms with E-state index in [1.54, 1.807) is 11.3 Å². The van der Waals surface area contributed by atoms with E-state index in [0.29, 0.717) is 11.3 Å². The van der Waals surface area contributed by atoms with Crippen molar-refractivity contribution in [2.75, 3.05) is 40.0 Å². The van der Waals surface area contributed by atoms with Crippen LogP contribution in [0, 0.1) is 18.3 Å². The van der Waals surface area contributed by atoms with Crippen LogP contribution in [-0.4, -0.2) is 49.9 Å². The molecule has 1 atom stereocenters. The molecule has 0 aromatic carbocycles. The maximum atomic E-state index is 5.69. The van der Waals surface area contributed by atoms with Crippen molar-refractivity contribution in [2.45, 2.75) is 32.7 Å². The Morgan fingerprint density at radius 2 is 2.24 bits per heavy atom. The van der Waals surface area contributed by atoms with Crippen LogP contribution in [0.15, 0.2) is 5.38 Å². The quantitative estimate of drug-likeness (QED) is 0.856. The number of aryl methyl sites for hydroxylation is 1. The second-order valence-corrected chi connectivity index (χ2v) is 7.44. The van der Waals surface area contributed by atoms with Gasteiger partial charge in [-0.05, 0) is 44.7 Å². The molecule has 0 aliphatic carbocycles. The summed E-state index contributed by atoms with van der Waals surface area (Å²) in [6, 6.07) is 0. The van der Waals surface area contributed by atoms with Crippen molar-refractivity contribution in [2.24, 2.45) is 11.3 Å². The first-order chi connectivity index (χ1) is 10.2. The Morgan fingerprint density at radius 3 is 2.90 bits per heavy atom. The van der Waals surface area contributed by atoms with Crippen molar-refractivity contribution < 1.29 is 9.47 Å². The van der Waals surface area contributed by atoms with E-state index in [1.807, 2.05) is 7.11 Å². The monoisotopic (exact) mass is 310 g/mol. The minimum atomic E-state index is 0.448. The van der Waals surface area contributed by atoms with E-state index >= 15 is 0 Å². The highest BCUT2D eigenvalue weighted by Crippen LogP contribution is 2.44. The number of likely N-dealkylation sites (tertiary alicyclic amines) is 1. The van der Waals surface area contributed by atoms with E-state index in [1.165, 1.54) is 37.4 Å². The van der Waals surface area contributed by atoms with Crippen LogP contribution in [0.25, 0.3) is 0 Å². The lowest BCUT2D eigenvalue weighted by Gasteiger charge is -2.48. The lowest BCUT2D eigenvalue weighted by atomic mass is 9.66. The fraction of sp³-hybridized carbons (Fsp3) is 0.812. The third-order valence-corrected chi connectivity index (χ3v) is 6.13. The minimum absolute atomic E-state index is 0.448. The van der Waals surface area contributed by atoms with E-state index in [0.717, 1.165) is 32.1 Å². The second kappa shape index (κ2) is 6.73. The highest BCUT2D eigenvalue weighted by Gasteiger charge is 2.43. The summed E-state index contributed by atoms with van der Waals surface area (Å²) in [5.41, 5.74) is 1.59. The Labute approximate surface area is 131 Å². The zero-order valence-corrected chi connectivity index (χ0v) is 14.0. The van der Waals surface area contributed by atoms with Gasteiger partial charge in [0.2, 0.25) is 0 Å². The van der Waals surface area contributed by atoms with Crippen molar-refractivity contribution in [1.29, 1.82) is 0 Å². The smallest absolute Gasteiger partial charge is 0.107 e. The zero-order chi connectivity index (χ0) is 14.7. The van der Waals surface area contributed by atoms with E-state index < -0.39 is 0 Å². The SMILES string of the molecule is COCC1COCCC12CCN(Cc1nc(C)cs1)CC2. The molecule has 0 bridgehead atoms. The van der Waals surface area contributed by atoms with E-state index in [-0.39, 0.29) is 0 Å². The van der Waals surface area contributed by atoms with E-state index in [4.69, 9.17) is 9.47 Å². The topological polar surface area (TPSA) is 34.6 Å². The van der Waals surface area contributed by atoms with E-state index in [2.05, 4.69) is 22.2 Å². The Bertz CT molecular complexity index is 453. The van der Waals surface area contributed by atoms with Crippen molar-refractivity contribution in [1.82, 2.24) is 9.88 Å². The molecule has 2 aliphatic rings. The van der Waals surface area contributed by atoms with Crippen LogP contribution in [0.5, 0.6) is 0 Å². The molecule has 1 aromatic rings. The average molecular weight is 310 g/mol. The predicted molar refractivity (Wildman–Crippen MR) is 84.6 cm³/mol. The Kier molecular flexibility index (Phi) is 4.94. The highest BCUT2D eigenvalue weighted by atomic mass is 32.1. The third kappa shape index (κ3) is 3.47. The van der Waals surface area contributed by atoms with Gasteiger partial charge in [0.05, 0.1) is 19.8 Å². The molecule has 21 heavy (non-hydrogen) atoms. The van der Waals surface area contributed by atoms with Crippen molar-refractivity contribution in [3.05, 3.63) is 16.1 Å². The van der Waals surface area contributed by atoms with Gasteiger partial charge in [0.25, 0.3) is 0 Å². The lowest BCUT2D eigenvalue weighted by molar-refractivity contribution is -0.0951. The predicted octanol–water partition coefficient (Wildman–Crippen LogP) is 2.72. The fourth-order valence-corrected chi connectivity index (χ4v) is 4.60. The lowest BCUT2D eigenvalue weighted by Crippen LogP contribution is -2.49. The van der Waals surface area contributed by atoms with Crippen LogP contribution in [0.1, 0.15) is 30.0 Å². The highest BCUT2D eigenvalue weighted by molar-refractivity contribution is 7.09. The summed E-state index contributed by atoms with van der Waals surface area (Å²) in [5.74, 6) is 0.570. The molecule has 4 nitrogen and oxygen atoms in total. The number of aromatic nitrogens is 1. The summed E-state index contributed by atoms with van der Waals surface area (Å²) in [5, 5.41) is 3.40. The van der Waals surface area contributed by atoms with Gasteiger partial charge in [-0.1, -0.05) is 0 Å². The number of piperidine rings is 1. The normalized spacial score (nSPS) is 26.3. The number of ether oxygens (including phenoxy) is 2. The molecule has 1 unspecified atom stereocenters. The zero-order valence-electron chi connectivity index (χ0n) is 13.1. The average Bonchev–Trinajstić information content (AvgIpc) is 2.90. The number of methoxy groups -OCH3 is 1. The summed E-state index contributed by atoms with van der Waals surface area (Å²) in [7, 11) is 1.81.